The second-order valence-electron chi connectivity index (χ2n) is 4.84. The van der Waals surface area contributed by atoms with Gasteiger partial charge in [-0.3, -0.25) is 4.79 Å². The largest absolute Gasteiger partial charge is 0.476 e. The molecule has 8 nitrogen and oxygen atoms in total. The molecular formula is C12H18N4O4S. The van der Waals surface area contributed by atoms with Gasteiger partial charge in [0, 0.05) is 5.38 Å². The highest BCUT2D eigenvalue weighted by molar-refractivity contribution is 7.09. The Morgan fingerprint density at radius 3 is 2.57 bits per heavy atom. The number of amides is 3. The number of aromatic carboxylic acids is 1. The number of nitrogens with two attached hydrogens (primary N) is 1. The molecule has 0 aliphatic carbocycles. The minimum atomic E-state index is -1.11. The van der Waals surface area contributed by atoms with E-state index in [1.54, 1.807) is 0 Å². The Hall–Kier alpha value is -2.16. The molecule has 21 heavy (non-hydrogen) atoms. The minimum Gasteiger partial charge on any atom is -0.476 e. The summed E-state index contributed by atoms with van der Waals surface area (Å²) in [6, 6.07) is -1.49. The molecule has 0 radical (unpaired) electrons. The van der Waals surface area contributed by atoms with Crippen LogP contribution in [0.2, 0.25) is 0 Å². The molecule has 0 aromatic carbocycles. The summed E-state index contributed by atoms with van der Waals surface area (Å²) in [5.41, 5.74) is 4.99. The number of rotatable bonds is 7. The van der Waals surface area contributed by atoms with Crippen LogP contribution < -0.4 is 16.4 Å². The predicted molar refractivity (Wildman–Crippen MR) is 76.9 cm³/mol. The topological polar surface area (TPSA) is 134 Å². The number of urea groups is 1. The highest BCUT2D eigenvalue weighted by Gasteiger charge is 2.21. The zero-order valence-electron chi connectivity index (χ0n) is 11.8. The third kappa shape index (κ3) is 5.78. The van der Waals surface area contributed by atoms with E-state index < -0.39 is 18.0 Å². The lowest BCUT2D eigenvalue weighted by molar-refractivity contribution is -0.123. The number of carbonyl (C=O) groups excluding carboxylic acids is 2. The van der Waals surface area contributed by atoms with Crippen molar-refractivity contribution < 1.29 is 19.5 Å². The highest BCUT2D eigenvalue weighted by atomic mass is 32.1. The van der Waals surface area contributed by atoms with Crippen molar-refractivity contribution in [2.24, 2.45) is 11.7 Å². The third-order valence-electron chi connectivity index (χ3n) is 2.52. The maximum absolute atomic E-state index is 12.0. The molecule has 0 spiro atoms. The molecule has 1 heterocycles. The second-order valence-corrected chi connectivity index (χ2v) is 5.78. The van der Waals surface area contributed by atoms with E-state index in [0.29, 0.717) is 11.4 Å². The number of thiazole rings is 1. The average molecular weight is 314 g/mol. The first-order chi connectivity index (χ1) is 9.79. The van der Waals surface area contributed by atoms with Gasteiger partial charge in [-0.05, 0) is 12.3 Å². The number of hydrogen-bond acceptors (Lipinski definition) is 5. The van der Waals surface area contributed by atoms with E-state index in [1.165, 1.54) is 5.38 Å². The van der Waals surface area contributed by atoms with Gasteiger partial charge >= 0.3 is 12.0 Å². The zero-order chi connectivity index (χ0) is 16.0. The Bertz CT molecular complexity index is 529. The molecule has 0 bridgehead atoms. The molecule has 0 saturated heterocycles. The average Bonchev–Trinajstić information content (AvgIpc) is 2.82. The molecule has 3 amide bonds. The molecule has 1 aromatic heterocycles. The summed E-state index contributed by atoms with van der Waals surface area (Å²) in [6.07, 6.45) is 0.451. The van der Waals surface area contributed by atoms with E-state index in [4.69, 9.17) is 10.8 Å². The lowest BCUT2D eigenvalue weighted by Gasteiger charge is -2.18. The molecular weight excluding hydrogens is 296 g/mol. The monoisotopic (exact) mass is 314 g/mol. The summed E-state index contributed by atoms with van der Waals surface area (Å²) in [7, 11) is 0. The molecule has 0 aliphatic rings. The molecule has 1 rings (SSSR count). The first-order valence-electron chi connectivity index (χ1n) is 6.31. The van der Waals surface area contributed by atoms with Gasteiger partial charge in [-0.2, -0.15) is 0 Å². The number of carbonyl (C=O) groups is 3. The third-order valence-corrected chi connectivity index (χ3v) is 3.37. The van der Waals surface area contributed by atoms with Gasteiger partial charge in [-0.25, -0.2) is 14.6 Å². The molecule has 116 valence electrons. The number of carboxylic acid groups (broad SMARTS) is 1. The summed E-state index contributed by atoms with van der Waals surface area (Å²) in [5, 5.41) is 15.6. The first-order valence-corrected chi connectivity index (χ1v) is 7.19. The summed E-state index contributed by atoms with van der Waals surface area (Å²) >= 11 is 1.14. The van der Waals surface area contributed by atoms with Crippen molar-refractivity contribution in [2.45, 2.75) is 32.9 Å². The number of aromatic nitrogens is 1. The van der Waals surface area contributed by atoms with Crippen LogP contribution in [0.5, 0.6) is 0 Å². The van der Waals surface area contributed by atoms with E-state index in [2.05, 4.69) is 15.6 Å². The Morgan fingerprint density at radius 1 is 1.43 bits per heavy atom. The van der Waals surface area contributed by atoms with Gasteiger partial charge in [-0.15, -0.1) is 11.3 Å². The van der Waals surface area contributed by atoms with Gasteiger partial charge in [0.05, 0.1) is 6.54 Å². The summed E-state index contributed by atoms with van der Waals surface area (Å²) in [6.45, 7) is 3.94. The Balaban J connectivity index is 2.59. The van der Waals surface area contributed by atoms with Crippen LogP contribution in [0.3, 0.4) is 0 Å². The summed E-state index contributed by atoms with van der Waals surface area (Å²) < 4.78 is 0. The number of hydrogen-bond donors (Lipinski definition) is 4. The fraction of sp³-hybridized carbons (Fsp3) is 0.500. The summed E-state index contributed by atoms with van der Waals surface area (Å²) in [5.74, 6) is -1.29. The van der Waals surface area contributed by atoms with E-state index in [9.17, 15) is 14.4 Å². The predicted octanol–water partition coefficient (Wildman–Crippen LogP) is 0.540. The van der Waals surface area contributed by atoms with Crippen LogP contribution in [0.4, 0.5) is 4.79 Å². The molecule has 1 atom stereocenters. The smallest absolute Gasteiger partial charge is 0.355 e. The first kappa shape index (κ1) is 16.9. The normalized spacial score (nSPS) is 12.0. The van der Waals surface area contributed by atoms with Crippen molar-refractivity contribution in [1.82, 2.24) is 15.6 Å². The van der Waals surface area contributed by atoms with Crippen molar-refractivity contribution in [2.75, 3.05) is 0 Å². The van der Waals surface area contributed by atoms with Crippen LogP contribution >= 0.6 is 11.3 Å². The van der Waals surface area contributed by atoms with Crippen molar-refractivity contribution in [1.29, 1.82) is 0 Å². The Morgan fingerprint density at radius 2 is 2.10 bits per heavy atom. The van der Waals surface area contributed by atoms with E-state index in [1.807, 2.05) is 13.8 Å². The van der Waals surface area contributed by atoms with Crippen LogP contribution in [0.1, 0.15) is 35.8 Å². The minimum absolute atomic E-state index is 0.0572. The SMILES string of the molecule is CC(C)CC(NC(N)=O)C(=O)NCc1nc(C(=O)O)cs1. The number of nitrogens with zero attached hydrogens (tertiary/aromatic N) is 1. The van der Waals surface area contributed by atoms with Gasteiger partial charge in [0.15, 0.2) is 5.69 Å². The van der Waals surface area contributed by atoms with E-state index in [0.717, 1.165) is 11.3 Å². The van der Waals surface area contributed by atoms with Crippen molar-refractivity contribution in [3.8, 4) is 0 Å². The van der Waals surface area contributed by atoms with Gasteiger partial charge in [-0.1, -0.05) is 13.8 Å². The van der Waals surface area contributed by atoms with E-state index >= 15 is 0 Å². The van der Waals surface area contributed by atoms with Crippen LogP contribution in [0.15, 0.2) is 5.38 Å². The summed E-state index contributed by atoms with van der Waals surface area (Å²) in [4.78, 5) is 37.5. The number of nitrogens with one attached hydrogen (secondary N) is 2. The lowest BCUT2D eigenvalue weighted by atomic mass is 10.0. The molecule has 1 unspecified atom stereocenters. The standard InChI is InChI=1S/C12H18N4O4S/c1-6(2)3-7(16-12(13)20)10(17)14-4-9-15-8(5-21-9)11(18)19/h5-7H,3-4H2,1-2H3,(H,14,17)(H,18,19)(H3,13,16,20). The molecule has 0 aliphatic heterocycles. The van der Waals surface area contributed by atoms with Gasteiger partial charge in [0.25, 0.3) is 0 Å². The van der Waals surface area contributed by atoms with Crippen molar-refractivity contribution in [3.05, 3.63) is 16.1 Å². The van der Waals surface area contributed by atoms with Crippen LogP contribution in [0.25, 0.3) is 0 Å². The quantitative estimate of drug-likeness (QED) is 0.582. The van der Waals surface area contributed by atoms with E-state index in [-0.39, 0.29) is 24.1 Å². The molecule has 1 aromatic rings. The molecule has 0 fully saturated rings. The number of carboxylic acids is 1. The second kappa shape index (κ2) is 7.58. The van der Waals surface area contributed by atoms with Crippen LogP contribution in [-0.4, -0.2) is 34.0 Å². The van der Waals surface area contributed by atoms with Crippen LogP contribution in [0, 0.1) is 5.92 Å². The lowest BCUT2D eigenvalue weighted by Crippen LogP contribution is -2.49. The maximum atomic E-state index is 12.0. The fourth-order valence-corrected chi connectivity index (χ4v) is 2.36. The van der Waals surface area contributed by atoms with Crippen molar-refractivity contribution >= 4 is 29.2 Å². The zero-order valence-corrected chi connectivity index (χ0v) is 12.6. The van der Waals surface area contributed by atoms with Crippen molar-refractivity contribution in [3.63, 3.8) is 0 Å². The Kier molecular flexibility index (Phi) is 6.10. The van der Waals surface area contributed by atoms with Gasteiger partial charge in [0.1, 0.15) is 11.0 Å². The van der Waals surface area contributed by atoms with Gasteiger partial charge in [0.2, 0.25) is 5.91 Å². The Labute approximate surface area is 125 Å². The molecule has 5 N–H and O–H groups in total. The molecule has 9 heteroatoms. The van der Waals surface area contributed by atoms with Gasteiger partial charge < -0.3 is 21.5 Å². The van der Waals surface area contributed by atoms with Crippen LogP contribution in [-0.2, 0) is 11.3 Å². The fourth-order valence-electron chi connectivity index (χ4n) is 1.65. The molecule has 0 saturated carbocycles. The highest BCUT2D eigenvalue weighted by Crippen LogP contribution is 2.10. The maximum Gasteiger partial charge on any atom is 0.355 e. The number of primary amides is 1.